The van der Waals surface area contributed by atoms with Gasteiger partial charge in [-0.2, -0.15) is 0 Å². The zero-order valence-electron chi connectivity index (χ0n) is 19.5. The van der Waals surface area contributed by atoms with Gasteiger partial charge < -0.3 is 9.64 Å². The van der Waals surface area contributed by atoms with Crippen LogP contribution in [0.4, 0.5) is 0 Å². The van der Waals surface area contributed by atoms with Crippen LogP contribution in [0.2, 0.25) is 0 Å². The normalized spacial score (nSPS) is 14.7. The summed E-state index contributed by atoms with van der Waals surface area (Å²) in [7, 11) is 0. The van der Waals surface area contributed by atoms with Gasteiger partial charge in [-0.3, -0.25) is 9.69 Å². The minimum Gasteiger partial charge on any atom is -0.489 e. The largest absolute Gasteiger partial charge is 0.489 e. The van der Waals surface area contributed by atoms with E-state index < -0.39 is 0 Å². The van der Waals surface area contributed by atoms with Crippen LogP contribution in [0.1, 0.15) is 36.5 Å². The Kier molecular flexibility index (Phi) is 8.15. The second kappa shape index (κ2) is 11.7. The predicted molar refractivity (Wildman–Crippen MR) is 133 cm³/mol. The van der Waals surface area contributed by atoms with Gasteiger partial charge in [0.25, 0.3) is 0 Å². The molecule has 4 nitrogen and oxygen atoms in total. The van der Waals surface area contributed by atoms with Gasteiger partial charge in [-0.05, 0) is 61.7 Å². The van der Waals surface area contributed by atoms with E-state index in [9.17, 15) is 4.79 Å². The highest BCUT2D eigenvalue weighted by atomic mass is 16.5. The second-order valence-electron chi connectivity index (χ2n) is 8.81. The fourth-order valence-corrected chi connectivity index (χ4v) is 4.48. The number of benzene rings is 3. The van der Waals surface area contributed by atoms with Gasteiger partial charge in [-0.25, -0.2) is 0 Å². The highest BCUT2D eigenvalue weighted by molar-refractivity contribution is 5.79. The molecule has 1 saturated heterocycles. The van der Waals surface area contributed by atoms with Crippen molar-refractivity contribution in [2.24, 2.45) is 5.92 Å². The average molecular weight is 443 g/mol. The van der Waals surface area contributed by atoms with E-state index in [1.54, 1.807) is 0 Å². The quantitative estimate of drug-likeness (QED) is 0.437. The van der Waals surface area contributed by atoms with E-state index in [4.69, 9.17) is 4.74 Å². The Morgan fingerprint density at radius 1 is 0.879 bits per heavy atom. The molecule has 0 spiro atoms. The van der Waals surface area contributed by atoms with Crippen molar-refractivity contribution in [1.29, 1.82) is 0 Å². The lowest BCUT2D eigenvalue weighted by Gasteiger charge is -2.34. The van der Waals surface area contributed by atoms with E-state index in [1.807, 2.05) is 47.4 Å². The lowest BCUT2D eigenvalue weighted by atomic mass is 9.94. The van der Waals surface area contributed by atoms with Crippen molar-refractivity contribution in [2.75, 3.05) is 19.6 Å². The maximum absolute atomic E-state index is 13.1. The van der Waals surface area contributed by atoms with Crippen molar-refractivity contribution in [2.45, 2.75) is 39.5 Å². The van der Waals surface area contributed by atoms with Gasteiger partial charge in [0.2, 0.25) is 5.91 Å². The van der Waals surface area contributed by atoms with Crippen LogP contribution < -0.4 is 4.74 Å². The van der Waals surface area contributed by atoms with Crippen LogP contribution in [-0.4, -0.2) is 35.3 Å². The summed E-state index contributed by atoms with van der Waals surface area (Å²) < 4.78 is 5.99. The number of hydrogen-bond acceptors (Lipinski definition) is 3. The van der Waals surface area contributed by atoms with Crippen molar-refractivity contribution in [3.8, 4) is 5.75 Å². The van der Waals surface area contributed by atoms with Crippen LogP contribution in [0.15, 0.2) is 84.9 Å². The van der Waals surface area contributed by atoms with Crippen molar-refractivity contribution < 1.29 is 9.53 Å². The number of amides is 1. The van der Waals surface area contributed by atoms with Crippen LogP contribution >= 0.6 is 0 Å². The van der Waals surface area contributed by atoms with Crippen LogP contribution in [-0.2, 0) is 24.5 Å². The summed E-state index contributed by atoms with van der Waals surface area (Å²) in [5.41, 5.74) is 3.62. The molecule has 3 aromatic rings. The first-order valence-electron chi connectivity index (χ1n) is 12.0. The van der Waals surface area contributed by atoms with E-state index in [0.29, 0.717) is 19.1 Å². The molecule has 3 aromatic carbocycles. The summed E-state index contributed by atoms with van der Waals surface area (Å²) in [6.45, 7) is 6.90. The highest BCUT2D eigenvalue weighted by Crippen LogP contribution is 2.23. The molecule has 4 rings (SSSR count). The summed E-state index contributed by atoms with van der Waals surface area (Å²) in [5.74, 6) is 1.34. The van der Waals surface area contributed by atoms with E-state index >= 15 is 0 Å². The third-order valence-corrected chi connectivity index (χ3v) is 6.40. The smallest absolute Gasteiger partial charge is 0.226 e. The molecule has 33 heavy (non-hydrogen) atoms. The average Bonchev–Trinajstić information content (AvgIpc) is 2.87. The Hall–Kier alpha value is -3.11. The van der Waals surface area contributed by atoms with Gasteiger partial charge in [0, 0.05) is 25.6 Å². The SMILES string of the molecule is CCN(Cc1ccccc1)C(=O)C1CCN(Cc2cccc(OCc3ccccc3)c2)CC1. The number of likely N-dealkylation sites (tertiary alicyclic amines) is 1. The molecule has 0 unspecified atom stereocenters. The monoisotopic (exact) mass is 442 g/mol. The lowest BCUT2D eigenvalue weighted by Crippen LogP contribution is -2.42. The molecule has 1 aliphatic heterocycles. The number of hydrogen-bond donors (Lipinski definition) is 0. The molecule has 172 valence electrons. The molecule has 1 aliphatic rings. The number of rotatable bonds is 9. The van der Waals surface area contributed by atoms with Crippen LogP contribution in [0.25, 0.3) is 0 Å². The van der Waals surface area contributed by atoms with Gasteiger partial charge in [-0.1, -0.05) is 72.8 Å². The maximum Gasteiger partial charge on any atom is 0.226 e. The first kappa shape index (κ1) is 23.1. The molecule has 0 aliphatic carbocycles. The number of carbonyl (C=O) groups is 1. The Morgan fingerprint density at radius 2 is 1.52 bits per heavy atom. The Bertz CT molecular complexity index is 998. The molecule has 1 heterocycles. The molecule has 0 saturated carbocycles. The van der Waals surface area contributed by atoms with Crippen LogP contribution in [0.3, 0.4) is 0 Å². The fourth-order valence-electron chi connectivity index (χ4n) is 4.48. The van der Waals surface area contributed by atoms with Gasteiger partial charge >= 0.3 is 0 Å². The maximum atomic E-state index is 13.1. The van der Waals surface area contributed by atoms with Crippen LogP contribution in [0.5, 0.6) is 5.75 Å². The minimum absolute atomic E-state index is 0.130. The second-order valence-corrected chi connectivity index (χ2v) is 8.81. The summed E-state index contributed by atoms with van der Waals surface area (Å²) >= 11 is 0. The summed E-state index contributed by atoms with van der Waals surface area (Å²) in [6, 6.07) is 28.9. The zero-order valence-corrected chi connectivity index (χ0v) is 19.5. The molecule has 0 atom stereocenters. The van der Waals surface area contributed by atoms with Crippen LogP contribution in [0, 0.1) is 5.92 Å². The third kappa shape index (κ3) is 6.69. The van der Waals surface area contributed by atoms with Crippen molar-refractivity contribution in [3.05, 3.63) is 102 Å². The molecule has 1 amide bonds. The summed E-state index contributed by atoms with van der Waals surface area (Å²) in [4.78, 5) is 17.6. The van der Waals surface area contributed by atoms with E-state index in [2.05, 4.69) is 54.3 Å². The first-order valence-corrected chi connectivity index (χ1v) is 12.0. The minimum atomic E-state index is 0.130. The van der Waals surface area contributed by atoms with Gasteiger partial charge in [0.15, 0.2) is 0 Å². The topological polar surface area (TPSA) is 32.8 Å². The molecule has 0 aromatic heterocycles. The molecule has 4 heteroatoms. The van der Waals surface area contributed by atoms with Gasteiger partial charge in [-0.15, -0.1) is 0 Å². The van der Waals surface area contributed by atoms with Gasteiger partial charge in [0.1, 0.15) is 12.4 Å². The molecule has 0 radical (unpaired) electrons. The van der Waals surface area contributed by atoms with Gasteiger partial charge in [0.05, 0.1) is 0 Å². The van der Waals surface area contributed by atoms with E-state index in [0.717, 1.165) is 44.8 Å². The number of nitrogens with zero attached hydrogens (tertiary/aromatic N) is 2. The zero-order chi connectivity index (χ0) is 22.9. The third-order valence-electron chi connectivity index (χ3n) is 6.40. The molecular weight excluding hydrogens is 408 g/mol. The van der Waals surface area contributed by atoms with Crippen molar-refractivity contribution in [3.63, 3.8) is 0 Å². The van der Waals surface area contributed by atoms with Crippen molar-refractivity contribution in [1.82, 2.24) is 9.80 Å². The molecule has 0 N–H and O–H groups in total. The Morgan fingerprint density at radius 3 is 2.18 bits per heavy atom. The van der Waals surface area contributed by atoms with Crippen molar-refractivity contribution >= 4 is 5.91 Å². The summed E-state index contributed by atoms with van der Waals surface area (Å²) in [5, 5.41) is 0. The fraction of sp³-hybridized carbons (Fsp3) is 0.345. The first-order chi connectivity index (χ1) is 16.2. The Balaban J connectivity index is 1.26. The number of ether oxygens (including phenoxy) is 1. The van der Waals surface area contributed by atoms with E-state index in [1.165, 1.54) is 16.7 Å². The molecular formula is C29H34N2O2. The van der Waals surface area contributed by atoms with E-state index in [-0.39, 0.29) is 5.92 Å². The predicted octanol–water partition coefficient (Wildman–Crippen LogP) is 5.53. The Labute approximate surface area is 197 Å². The lowest BCUT2D eigenvalue weighted by molar-refractivity contribution is -0.137. The molecule has 1 fully saturated rings. The number of carbonyl (C=O) groups excluding carboxylic acids is 1. The standard InChI is InChI=1S/C29H34N2O2/c1-2-31(22-24-10-5-3-6-11-24)29(32)27-16-18-30(19-17-27)21-26-14-9-15-28(20-26)33-23-25-12-7-4-8-13-25/h3-15,20,27H,2,16-19,21-23H2,1H3. The number of piperidine rings is 1. The highest BCUT2D eigenvalue weighted by Gasteiger charge is 2.28. The summed E-state index contributed by atoms with van der Waals surface area (Å²) in [6.07, 6.45) is 1.85. The molecule has 0 bridgehead atoms.